The molecule has 0 saturated heterocycles. The van der Waals surface area contributed by atoms with Crippen LogP contribution < -0.4 is 0 Å². The molecule has 4 nitrogen and oxygen atoms in total. The average molecular weight is 194 g/mol. The SMILES string of the molecule is CCOC(=O)c1cccc(C=O)c1O. The van der Waals surface area contributed by atoms with Crippen molar-refractivity contribution in [3.05, 3.63) is 29.3 Å². The van der Waals surface area contributed by atoms with Gasteiger partial charge in [0.1, 0.15) is 11.3 Å². The number of hydrogen-bond donors (Lipinski definition) is 1. The summed E-state index contributed by atoms with van der Waals surface area (Å²) in [6, 6.07) is 4.33. The number of carbonyl (C=O) groups excluding carboxylic acids is 2. The van der Waals surface area contributed by atoms with Crippen LogP contribution in [0.15, 0.2) is 18.2 Å². The Morgan fingerprint density at radius 3 is 2.86 bits per heavy atom. The first-order chi connectivity index (χ1) is 6.70. The Labute approximate surface area is 81.1 Å². The minimum Gasteiger partial charge on any atom is -0.506 e. The molecule has 0 fully saturated rings. The van der Waals surface area contributed by atoms with Crippen molar-refractivity contribution in [1.82, 2.24) is 0 Å². The summed E-state index contributed by atoms with van der Waals surface area (Å²) >= 11 is 0. The summed E-state index contributed by atoms with van der Waals surface area (Å²) in [5.74, 6) is -0.963. The number of para-hydroxylation sites is 1. The van der Waals surface area contributed by atoms with E-state index in [0.29, 0.717) is 6.29 Å². The van der Waals surface area contributed by atoms with Crippen LogP contribution in [-0.2, 0) is 4.74 Å². The molecule has 0 aliphatic heterocycles. The van der Waals surface area contributed by atoms with Crippen LogP contribution in [0.4, 0.5) is 0 Å². The summed E-state index contributed by atoms with van der Waals surface area (Å²) in [6.45, 7) is 1.89. The zero-order valence-electron chi connectivity index (χ0n) is 7.69. The van der Waals surface area contributed by atoms with Crippen molar-refractivity contribution in [3.63, 3.8) is 0 Å². The Morgan fingerprint density at radius 1 is 1.57 bits per heavy atom. The molecule has 0 aliphatic carbocycles. The number of benzene rings is 1. The largest absolute Gasteiger partial charge is 0.506 e. The zero-order chi connectivity index (χ0) is 10.6. The van der Waals surface area contributed by atoms with E-state index in [4.69, 9.17) is 4.74 Å². The third-order valence-corrected chi connectivity index (χ3v) is 1.69. The number of phenolic OH excluding ortho intramolecular Hbond substituents is 1. The maximum Gasteiger partial charge on any atom is 0.341 e. The molecule has 0 aliphatic rings. The van der Waals surface area contributed by atoms with Gasteiger partial charge in [0.15, 0.2) is 6.29 Å². The van der Waals surface area contributed by atoms with E-state index in [2.05, 4.69) is 0 Å². The van der Waals surface area contributed by atoms with Gasteiger partial charge < -0.3 is 9.84 Å². The highest BCUT2D eigenvalue weighted by molar-refractivity contribution is 5.96. The number of carbonyl (C=O) groups is 2. The minimum absolute atomic E-state index is 0.0106. The van der Waals surface area contributed by atoms with Crippen molar-refractivity contribution < 1.29 is 19.4 Å². The summed E-state index contributed by atoms with van der Waals surface area (Å²) in [7, 11) is 0. The molecule has 1 aromatic rings. The maximum absolute atomic E-state index is 11.2. The molecule has 14 heavy (non-hydrogen) atoms. The molecule has 74 valence electrons. The van der Waals surface area contributed by atoms with Crippen molar-refractivity contribution in [1.29, 1.82) is 0 Å². The summed E-state index contributed by atoms with van der Waals surface area (Å²) in [6.07, 6.45) is 0.484. The zero-order valence-corrected chi connectivity index (χ0v) is 7.69. The summed E-state index contributed by atoms with van der Waals surface area (Å²) in [4.78, 5) is 21.7. The number of esters is 1. The lowest BCUT2D eigenvalue weighted by atomic mass is 10.1. The molecular weight excluding hydrogens is 184 g/mol. The van der Waals surface area contributed by atoms with Crippen LogP contribution in [-0.4, -0.2) is 24.0 Å². The van der Waals surface area contributed by atoms with E-state index < -0.39 is 5.97 Å². The van der Waals surface area contributed by atoms with Gasteiger partial charge >= 0.3 is 5.97 Å². The molecule has 1 aromatic carbocycles. The van der Waals surface area contributed by atoms with E-state index in [-0.39, 0.29) is 23.5 Å². The maximum atomic E-state index is 11.2. The van der Waals surface area contributed by atoms with Crippen molar-refractivity contribution >= 4 is 12.3 Å². The van der Waals surface area contributed by atoms with Gasteiger partial charge in [0.05, 0.1) is 12.2 Å². The van der Waals surface area contributed by atoms with Crippen LogP contribution in [0.3, 0.4) is 0 Å². The Hall–Kier alpha value is -1.84. The van der Waals surface area contributed by atoms with Gasteiger partial charge in [-0.25, -0.2) is 4.79 Å². The fourth-order valence-electron chi connectivity index (χ4n) is 1.03. The molecular formula is C10H10O4. The lowest BCUT2D eigenvalue weighted by Gasteiger charge is -2.04. The summed E-state index contributed by atoms with van der Waals surface area (Å²) < 4.78 is 4.69. The van der Waals surface area contributed by atoms with E-state index in [1.165, 1.54) is 18.2 Å². The Kier molecular flexibility index (Phi) is 3.23. The Bertz CT molecular complexity index is 357. The van der Waals surface area contributed by atoms with E-state index in [1.807, 2.05) is 0 Å². The van der Waals surface area contributed by atoms with Gasteiger partial charge in [0, 0.05) is 0 Å². The van der Waals surface area contributed by atoms with Crippen LogP contribution in [0.1, 0.15) is 27.6 Å². The monoisotopic (exact) mass is 194 g/mol. The van der Waals surface area contributed by atoms with Crippen molar-refractivity contribution in [2.75, 3.05) is 6.61 Å². The Morgan fingerprint density at radius 2 is 2.29 bits per heavy atom. The van der Waals surface area contributed by atoms with Crippen LogP contribution >= 0.6 is 0 Å². The molecule has 1 rings (SSSR count). The lowest BCUT2D eigenvalue weighted by Crippen LogP contribution is -2.05. The molecule has 0 heterocycles. The van der Waals surface area contributed by atoms with Crippen LogP contribution in [0.5, 0.6) is 5.75 Å². The summed E-state index contributed by atoms with van der Waals surface area (Å²) in [5.41, 5.74) is 0.0898. The quantitative estimate of drug-likeness (QED) is 0.583. The van der Waals surface area contributed by atoms with Gasteiger partial charge in [-0.05, 0) is 19.1 Å². The predicted molar refractivity (Wildman–Crippen MR) is 49.5 cm³/mol. The fourth-order valence-corrected chi connectivity index (χ4v) is 1.03. The first-order valence-electron chi connectivity index (χ1n) is 4.15. The van der Waals surface area contributed by atoms with Crippen molar-refractivity contribution in [3.8, 4) is 5.75 Å². The second kappa shape index (κ2) is 4.41. The minimum atomic E-state index is -0.631. The molecule has 1 N–H and O–H groups in total. The van der Waals surface area contributed by atoms with E-state index in [1.54, 1.807) is 6.92 Å². The first-order valence-corrected chi connectivity index (χ1v) is 4.15. The molecule has 0 saturated carbocycles. The molecule has 0 atom stereocenters. The molecule has 0 aromatic heterocycles. The van der Waals surface area contributed by atoms with Crippen molar-refractivity contribution in [2.24, 2.45) is 0 Å². The standard InChI is InChI=1S/C10H10O4/c1-2-14-10(13)8-5-3-4-7(6-11)9(8)12/h3-6,12H,2H2,1H3. The summed E-state index contributed by atoms with van der Waals surface area (Å²) in [5, 5.41) is 9.45. The van der Waals surface area contributed by atoms with Gasteiger partial charge in [-0.3, -0.25) is 4.79 Å². The van der Waals surface area contributed by atoms with Gasteiger partial charge in [-0.1, -0.05) is 6.07 Å². The van der Waals surface area contributed by atoms with Crippen LogP contribution in [0.25, 0.3) is 0 Å². The van der Waals surface area contributed by atoms with Crippen LogP contribution in [0.2, 0.25) is 0 Å². The number of ether oxygens (including phenoxy) is 1. The Balaban J connectivity index is 3.09. The molecule has 0 amide bonds. The highest BCUT2D eigenvalue weighted by Crippen LogP contribution is 2.21. The molecule has 0 bridgehead atoms. The number of aldehydes is 1. The number of aromatic hydroxyl groups is 1. The third kappa shape index (κ3) is 1.90. The smallest absolute Gasteiger partial charge is 0.341 e. The average Bonchev–Trinajstić information content (AvgIpc) is 2.18. The number of hydrogen-bond acceptors (Lipinski definition) is 4. The molecule has 0 radical (unpaired) electrons. The molecule has 0 unspecified atom stereocenters. The normalized spacial score (nSPS) is 9.50. The predicted octanol–water partition coefficient (Wildman–Crippen LogP) is 1.38. The molecule has 0 spiro atoms. The van der Waals surface area contributed by atoms with Crippen molar-refractivity contribution in [2.45, 2.75) is 6.92 Å². The van der Waals surface area contributed by atoms with E-state index in [0.717, 1.165) is 0 Å². The van der Waals surface area contributed by atoms with Gasteiger partial charge in [0.25, 0.3) is 0 Å². The fraction of sp³-hybridized carbons (Fsp3) is 0.200. The highest BCUT2D eigenvalue weighted by Gasteiger charge is 2.14. The third-order valence-electron chi connectivity index (χ3n) is 1.69. The second-order valence-corrected chi connectivity index (χ2v) is 2.58. The van der Waals surface area contributed by atoms with Gasteiger partial charge in [-0.2, -0.15) is 0 Å². The lowest BCUT2D eigenvalue weighted by molar-refractivity contribution is 0.0523. The van der Waals surface area contributed by atoms with Gasteiger partial charge in [0.2, 0.25) is 0 Å². The van der Waals surface area contributed by atoms with E-state index in [9.17, 15) is 14.7 Å². The number of rotatable bonds is 3. The molecule has 4 heteroatoms. The first kappa shape index (κ1) is 10.2. The van der Waals surface area contributed by atoms with Gasteiger partial charge in [-0.15, -0.1) is 0 Å². The van der Waals surface area contributed by atoms with Crippen LogP contribution in [0, 0.1) is 0 Å². The topological polar surface area (TPSA) is 63.6 Å². The van der Waals surface area contributed by atoms with E-state index >= 15 is 0 Å². The second-order valence-electron chi connectivity index (χ2n) is 2.58. The number of phenols is 1. The highest BCUT2D eigenvalue weighted by atomic mass is 16.5.